The largest absolute Gasteiger partial charge is 0.396 e. The molecule has 0 aromatic carbocycles. The van der Waals surface area contributed by atoms with Crippen LogP contribution in [0.15, 0.2) is 0 Å². The third-order valence-corrected chi connectivity index (χ3v) is 2.17. The van der Waals surface area contributed by atoms with Gasteiger partial charge < -0.3 is 20.4 Å². The highest BCUT2D eigenvalue weighted by molar-refractivity contribution is 4.64. The molecule has 0 saturated carbocycles. The highest BCUT2D eigenvalue weighted by atomic mass is 16.3. The fourth-order valence-electron chi connectivity index (χ4n) is 1.35. The predicted molar refractivity (Wildman–Crippen MR) is 53.9 cm³/mol. The van der Waals surface area contributed by atoms with Crippen LogP contribution in [0.5, 0.6) is 0 Å². The van der Waals surface area contributed by atoms with Crippen molar-refractivity contribution >= 4 is 0 Å². The Bertz CT molecular complexity index is 127. The monoisotopic (exact) mass is 206 g/mol. The zero-order valence-corrected chi connectivity index (χ0v) is 8.76. The fourth-order valence-corrected chi connectivity index (χ4v) is 1.35. The average molecular weight is 206 g/mol. The highest BCUT2D eigenvalue weighted by Gasteiger charge is 2.11. The lowest BCUT2D eigenvalue weighted by Crippen LogP contribution is -2.19. The molecular weight excluding hydrogens is 184 g/mol. The molecule has 0 aliphatic carbocycles. The van der Waals surface area contributed by atoms with Gasteiger partial charge in [0.1, 0.15) is 0 Å². The minimum absolute atomic E-state index is 0.0540. The lowest BCUT2D eigenvalue weighted by Gasteiger charge is -2.14. The van der Waals surface area contributed by atoms with Crippen LogP contribution >= 0.6 is 0 Å². The topological polar surface area (TPSA) is 80.9 Å². The Kier molecular flexibility index (Phi) is 8.08. The van der Waals surface area contributed by atoms with Gasteiger partial charge in [0.15, 0.2) is 0 Å². The quantitative estimate of drug-likeness (QED) is 0.452. The van der Waals surface area contributed by atoms with Crippen molar-refractivity contribution in [2.24, 2.45) is 0 Å². The normalized spacial score (nSPS) is 17.8. The maximum Gasteiger partial charge on any atom is 0.0586 e. The zero-order chi connectivity index (χ0) is 11.0. The van der Waals surface area contributed by atoms with Gasteiger partial charge in [-0.25, -0.2) is 0 Å². The van der Waals surface area contributed by atoms with Crippen molar-refractivity contribution in [3.8, 4) is 0 Å². The number of hydrogen-bond acceptors (Lipinski definition) is 4. The van der Waals surface area contributed by atoms with E-state index in [-0.39, 0.29) is 12.7 Å². The molecule has 0 amide bonds. The molecule has 14 heavy (non-hydrogen) atoms. The predicted octanol–water partition coefficient (Wildman–Crippen LogP) is 0.0318. The van der Waals surface area contributed by atoms with Crippen LogP contribution in [-0.2, 0) is 0 Å². The van der Waals surface area contributed by atoms with E-state index >= 15 is 0 Å². The SMILES string of the molecule is CC(O)CCCC(O)CC(O)CCO. The lowest BCUT2D eigenvalue weighted by molar-refractivity contribution is 0.0572. The first-order valence-electron chi connectivity index (χ1n) is 5.21. The second-order valence-corrected chi connectivity index (χ2v) is 3.84. The third kappa shape index (κ3) is 8.44. The van der Waals surface area contributed by atoms with E-state index < -0.39 is 12.2 Å². The molecule has 3 atom stereocenters. The summed E-state index contributed by atoms with van der Waals surface area (Å²) in [4.78, 5) is 0. The van der Waals surface area contributed by atoms with Crippen molar-refractivity contribution in [1.29, 1.82) is 0 Å². The van der Waals surface area contributed by atoms with E-state index in [1.54, 1.807) is 6.92 Å². The first kappa shape index (κ1) is 13.8. The van der Waals surface area contributed by atoms with Crippen molar-refractivity contribution in [3.05, 3.63) is 0 Å². The van der Waals surface area contributed by atoms with Gasteiger partial charge in [0.2, 0.25) is 0 Å². The summed E-state index contributed by atoms with van der Waals surface area (Å²) in [5.74, 6) is 0. The van der Waals surface area contributed by atoms with Crippen LogP contribution in [0.4, 0.5) is 0 Å². The van der Waals surface area contributed by atoms with E-state index in [2.05, 4.69) is 0 Å². The smallest absolute Gasteiger partial charge is 0.0586 e. The van der Waals surface area contributed by atoms with Crippen molar-refractivity contribution in [2.45, 2.75) is 57.3 Å². The van der Waals surface area contributed by atoms with E-state index in [4.69, 9.17) is 10.2 Å². The van der Waals surface area contributed by atoms with Crippen LogP contribution in [0.3, 0.4) is 0 Å². The van der Waals surface area contributed by atoms with Crippen LogP contribution in [-0.4, -0.2) is 45.3 Å². The second-order valence-electron chi connectivity index (χ2n) is 3.84. The van der Waals surface area contributed by atoms with Crippen molar-refractivity contribution in [2.75, 3.05) is 6.61 Å². The molecule has 0 radical (unpaired) electrons. The Morgan fingerprint density at radius 3 is 2.00 bits per heavy atom. The Morgan fingerprint density at radius 1 is 0.929 bits per heavy atom. The molecule has 0 spiro atoms. The Balaban J connectivity index is 3.39. The van der Waals surface area contributed by atoms with Gasteiger partial charge in [0.05, 0.1) is 18.3 Å². The van der Waals surface area contributed by atoms with Gasteiger partial charge >= 0.3 is 0 Å². The molecule has 0 aliphatic rings. The van der Waals surface area contributed by atoms with Gasteiger partial charge in [0, 0.05) is 6.61 Å². The van der Waals surface area contributed by atoms with Crippen LogP contribution in [0.25, 0.3) is 0 Å². The molecule has 0 aliphatic heterocycles. The summed E-state index contributed by atoms with van der Waals surface area (Å²) in [6, 6.07) is 0. The molecule has 4 heteroatoms. The Morgan fingerprint density at radius 2 is 1.50 bits per heavy atom. The summed E-state index contributed by atoms with van der Waals surface area (Å²) in [5.41, 5.74) is 0. The molecule has 0 saturated heterocycles. The van der Waals surface area contributed by atoms with E-state index in [9.17, 15) is 10.2 Å². The van der Waals surface area contributed by atoms with E-state index in [0.717, 1.165) is 6.42 Å². The van der Waals surface area contributed by atoms with Crippen LogP contribution in [0.1, 0.15) is 39.0 Å². The summed E-state index contributed by atoms with van der Waals surface area (Å²) in [6.07, 6.45) is 1.15. The van der Waals surface area contributed by atoms with Crippen LogP contribution in [0, 0.1) is 0 Å². The van der Waals surface area contributed by atoms with Crippen LogP contribution in [0.2, 0.25) is 0 Å². The summed E-state index contributed by atoms with van der Waals surface area (Å²) >= 11 is 0. The Hall–Kier alpha value is -0.160. The zero-order valence-electron chi connectivity index (χ0n) is 8.76. The number of rotatable bonds is 8. The van der Waals surface area contributed by atoms with Crippen molar-refractivity contribution in [3.63, 3.8) is 0 Å². The number of aliphatic hydroxyl groups excluding tert-OH is 4. The summed E-state index contributed by atoms with van der Waals surface area (Å²) in [7, 11) is 0. The lowest BCUT2D eigenvalue weighted by atomic mass is 10.0. The summed E-state index contributed by atoms with van der Waals surface area (Å²) in [6.45, 7) is 1.66. The highest BCUT2D eigenvalue weighted by Crippen LogP contribution is 2.10. The summed E-state index contributed by atoms with van der Waals surface area (Å²) < 4.78 is 0. The molecule has 0 aromatic heterocycles. The molecule has 4 nitrogen and oxygen atoms in total. The molecule has 0 aromatic rings. The molecule has 0 bridgehead atoms. The molecule has 0 fully saturated rings. The van der Waals surface area contributed by atoms with E-state index in [1.807, 2.05) is 0 Å². The average Bonchev–Trinajstić information content (AvgIpc) is 2.03. The Labute approximate surface area is 85.2 Å². The molecular formula is C10H22O4. The van der Waals surface area contributed by atoms with Gasteiger partial charge in [-0.3, -0.25) is 0 Å². The number of hydrogen-bond donors (Lipinski definition) is 4. The van der Waals surface area contributed by atoms with Crippen LogP contribution < -0.4 is 0 Å². The molecule has 4 N–H and O–H groups in total. The van der Waals surface area contributed by atoms with Gasteiger partial charge in [-0.15, -0.1) is 0 Å². The van der Waals surface area contributed by atoms with E-state index in [0.29, 0.717) is 25.7 Å². The van der Waals surface area contributed by atoms with Gasteiger partial charge in [0.25, 0.3) is 0 Å². The minimum Gasteiger partial charge on any atom is -0.396 e. The molecule has 86 valence electrons. The maximum atomic E-state index is 9.44. The third-order valence-electron chi connectivity index (χ3n) is 2.17. The van der Waals surface area contributed by atoms with Crippen molar-refractivity contribution in [1.82, 2.24) is 0 Å². The first-order chi connectivity index (χ1) is 6.56. The molecule has 0 rings (SSSR count). The standard InChI is InChI=1S/C10H22O4/c1-8(12)3-2-4-9(13)7-10(14)5-6-11/h8-14H,2-7H2,1H3. The second kappa shape index (κ2) is 8.17. The van der Waals surface area contributed by atoms with Gasteiger partial charge in [-0.1, -0.05) is 0 Å². The fraction of sp³-hybridized carbons (Fsp3) is 1.00. The maximum absolute atomic E-state index is 9.44. The number of aliphatic hydroxyl groups is 4. The molecule has 3 unspecified atom stereocenters. The minimum atomic E-state index is -0.624. The first-order valence-corrected chi connectivity index (χ1v) is 5.21. The summed E-state index contributed by atoms with van der Waals surface area (Å²) in [5, 5.41) is 36.2. The van der Waals surface area contributed by atoms with E-state index in [1.165, 1.54) is 0 Å². The van der Waals surface area contributed by atoms with Crippen molar-refractivity contribution < 1.29 is 20.4 Å². The molecule has 0 heterocycles. The van der Waals surface area contributed by atoms with Gasteiger partial charge in [-0.2, -0.15) is 0 Å². The van der Waals surface area contributed by atoms with Gasteiger partial charge in [-0.05, 0) is 39.0 Å².